The van der Waals surface area contributed by atoms with E-state index >= 15 is 0 Å². The number of nitrogens with one attached hydrogen (secondary N) is 1. The summed E-state index contributed by atoms with van der Waals surface area (Å²) < 4.78 is 5.94. The Bertz CT molecular complexity index is 1200. The predicted molar refractivity (Wildman–Crippen MR) is 282 cm³/mol. The predicted octanol–water partition coefficient (Wildman–Crippen LogP) is 17.0. The first-order chi connectivity index (χ1) is 32.0. The molecule has 0 heterocycles. The number of hydrogen-bond acceptors (Lipinski definition) is 5. The highest BCUT2D eigenvalue weighted by molar-refractivity contribution is 5.77. The lowest BCUT2D eigenvalue weighted by atomic mass is 10.0. The van der Waals surface area contributed by atoms with Crippen LogP contribution in [0.4, 0.5) is 0 Å². The molecule has 0 aromatic rings. The molecule has 0 saturated carbocycles. The van der Waals surface area contributed by atoms with Crippen molar-refractivity contribution < 1.29 is 24.5 Å². The summed E-state index contributed by atoms with van der Waals surface area (Å²) in [4.78, 5) is 26.2. The van der Waals surface area contributed by atoms with Gasteiger partial charge < -0.3 is 20.3 Å². The summed E-state index contributed by atoms with van der Waals surface area (Å²) in [6.07, 6.45) is 66.8. The minimum atomic E-state index is -0.800. The fourth-order valence-corrected chi connectivity index (χ4v) is 8.17. The van der Waals surface area contributed by atoms with Crippen molar-refractivity contribution in [1.82, 2.24) is 5.32 Å². The number of allylic oxidation sites excluding steroid dienone is 12. The van der Waals surface area contributed by atoms with Gasteiger partial charge in [-0.15, -0.1) is 0 Å². The Morgan fingerprint density at radius 2 is 0.831 bits per heavy atom. The van der Waals surface area contributed by atoms with E-state index in [4.69, 9.17) is 4.74 Å². The maximum Gasteiger partial charge on any atom is 0.306 e. The molecule has 0 radical (unpaired) electrons. The average molecular weight is 908 g/mol. The molecule has 0 aromatic heterocycles. The zero-order valence-corrected chi connectivity index (χ0v) is 42.9. The van der Waals surface area contributed by atoms with Crippen molar-refractivity contribution in [3.8, 4) is 0 Å². The number of rotatable bonds is 49. The van der Waals surface area contributed by atoms with Crippen molar-refractivity contribution in [2.24, 2.45) is 0 Å². The highest BCUT2D eigenvalue weighted by Crippen LogP contribution is 2.18. The lowest BCUT2D eigenvalue weighted by Crippen LogP contribution is -2.46. The molecule has 3 atom stereocenters. The minimum absolute atomic E-state index is 0.0551. The van der Waals surface area contributed by atoms with E-state index in [-0.39, 0.29) is 24.9 Å². The number of esters is 1. The number of aliphatic hydroxyl groups is 2. The lowest BCUT2D eigenvalue weighted by molar-refractivity contribution is -0.151. The number of hydrogen-bond donors (Lipinski definition) is 3. The molecule has 0 rings (SSSR count). The Morgan fingerprint density at radius 1 is 0.462 bits per heavy atom. The summed E-state index contributed by atoms with van der Waals surface area (Å²) >= 11 is 0. The summed E-state index contributed by atoms with van der Waals surface area (Å²) in [6, 6.07) is -0.715. The standard InChI is InChI=1S/C59H105NO5/c1-4-7-10-13-16-19-22-25-28-30-33-36-39-42-45-48-51-57(62)56(54-61)60-58(63)53-55(50-47-44-41-38-35-32-27-24-21-18-15-12-9-6-3)65-59(64)52-49-46-43-40-37-34-31-29-26-23-20-17-14-11-8-5-2/h8-9,11-12,17-18,20-21,26-27,29,32,55-57,61-62H,4-7,10,13-16,19,22-25,28,30-31,33-54H2,1-3H3,(H,60,63)/b11-8+,12-9+,20-17+,21-18+,29-26+,32-27+. The van der Waals surface area contributed by atoms with Crippen LogP contribution in [0.2, 0.25) is 0 Å². The Morgan fingerprint density at radius 3 is 1.26 bits per heavy atom. The molecule has 0 aliphatic carbocycles. The maximum absolute atomic E-state index is 13.2. The molecule has 3 N–H and O–H groups in total. The molecule has 6 heteroatoms. The Kier molecular flexibility index (Phi) is 50.1. The summed E-state index contributed by atoms with van der Waals surface area (Å²) in [5, 5.41) is 23.9. The van der Waals surface area contributed by atoms with Crippen LogP contribution >= 0.6 is 0 Å². The van der Waals surface area contributed by atoms with Gasteiger partial charge in [0.05, 0.1) is 25.2 Å². The molecule has 6 nitrogen and oxygen atoms in total. The zero-order valence-electron chi connectivity index (χ0n) is 42.9. The lowest BCUT2D eigenvalue weighted by Gasteiger charge is -2.24. The number of carbonyl (C=O) groups is 2. The van der Waals surface area contributed by atoms with E-state index in [0.29, 0.717) is 19.3 Å². The second kappa shape index (κ2) is 52.3. The van der Waals surface area contributed by atoms with E-state index in [1.165, 1.54) is 103 Å². The van der Waals surface area contributed by atoms with Crippen LogP contribution in [0.25, 0.3) is 0 Å². The molecule has 3 unspecified atom stereocenters. The van der Waals surface area contributed by atoms with Crippen LogP contribution < -0.4 is 5.32 Å². The van der Waals surface area contributed by atoms with Gasteiger partial charge in [0.1, 0.15) is 6.10 Å². The quantitative estimate of drug-likeness (QED) is 0.0321. The summed E-state index contributed by atoms with van der Waals surface area (Å²) in [5.74, 6) is -0.509. The van der Waals surface area contributed by atoms with Crippen molar-refractivity contribution in [2.75, 3.05) is 6.61 Å². The first-order valence-corrected chi connectivity index (χ1v) is 27.7. The molecular weight excluding hydrogens is 803 g/mol. The van der Waals surface area contributed by atoms with Crippen molar-refractivity contribution in [2.45, 2.75) is 283 Å². The van der Waals surface area contributed by atoms with Crippen LogP contribution in [0.3, 0.4) is 0 Å². The van der Waals surface area contributed by atoms with E-state index in [1.807, 2.05) is 0 Å². The number of aliphatic hydroxyl groups excluding tert-OH is 2. The van der Waals surface area contributed by atoms with Crippen LogP contribution in [-0.2, 0) is 14.3 Å². The van der Waals surface area contributed by atoms with E-state index in [9.17, 15) is 19.8 Å². The second-order valence-electron chi connectivity index (χ2n) is 18.6. The Hall–Kier alpha value is -2.70. The van der Waals surface area contributed by atoms with Gasteiger partial charge in [-0.1, -0.05) is 235 Å². The highest BCUT2D eigenvalue weighted by atomic mass is 16.5. The van der Waals surface area contributed by atoms with Crippen LogP contribution in [0.5, 0.6) is 0 Å². The van der Waals surface area contributed by atoms with Gasteiger partial charge >= 0.3 is 5.97 Å². The molecule has 0 bridgehead atoms. The van der Waals surface area contributed by atoms with Crippen LogP contribution in [0.1, 0.15) is 265 Å². The first-order valence-electron chi connectivity index (χ1n) is 27.7. The van der Waals surface area contributed by atoms with Gasteiger partial charge in [0, 0.05) is 6.42 Å². The molecule has 376 valence electrons. The van der Waals surface area contributed by atoms with Gasteiger partial charge in [-0.2, -0.15) is 0 Å². The number of ether oxygens (including phenoxy) is 1. The van der Waals surface area contributed by atoms with Crippen LogP contribution in [-0.4, -0.2) is 46.9 Å². The van der Waals surface area contributed by atoms with Gasteiger partial charge in [0.2, 0.25) is 5.91 Å². The molecule has 0 fully saturated rings. The molecule has 0 spiro atoms. The normalized spacial score (nSPS) is 13.7. The fraction of sp³-hybridized carbons (Fsp3) is 0.763. The van der Waals surface area contributed by atoms with Crippen LogP contribution in [0, 0.1) is 0 Å². The van der Waals surface area contributed by atoms with E-state index in [1.54, 1.807) is 0 Å². The second-order valence-corrected chi connectivity index (χ2v) is 18.6. The van der Waals surface area contributed by atoms with Crippen molar-refractivity contribution in [3.63, 3.8) is 0 Å². The molecule has 0 saturated heterocycles. The number of unbranched alkanes of at least 4 members (excludes halogenated alkanes) is 25. The zero-order chi connectivity index (χ0) is 47.4. The Balaban J connectivity index is 4.59. The van der Waals surface area contributed by atoms with Crippen LogP contribution in [0.15, 0.2) is 72.9 Å². The average Bonchev–Trinajstić information content (AvgIpc) is 3.30. The van der Waals surface area contributed by atoms with Gasteiger partial charge in [0.15, 0.2) is 0 Å². The van der Waals surface area contributed by atoms with Crippen molar-refractivity contribution in [1.29, 1.82) is 0 Å². The minimum Gasteiger partial charge on any atom is -0.462 e. The van der Waals surface area contributed by atoms with Gasteiger partial charge in [-0.3, -0.25) is 9.59 Å². The molecular formula is C59H105NO5. The van der Waals surface area contributed by atoms with Crippen molar-refractivity contribution in [3.05, 3.63) is 72.9 Å². The van der Waals surface area contributed by atoms with Crippen molar-refractivity contribution >= 4 is 11.9 Å². The van der Waals surface area contributed by atoms with Gasteiger partial charge in [-0.25, -0.2) is 0 Å². The molecule has 0 aliphatic rings. The number of amides is 1. The summed E-state index contributed by atoms with van der Waals surface area (Å²) in [5.41, 5.74) is 0. The van der Waals surface area contributed by atoms with E-state index in [0.717, 1.165) is 116 Å². The maximum atomic E-state index is 13.2. The topological polar surface area (TPSA) is 95.9 Å². The molecule has 0 aliphatic heterocycles. The third kappa shape index (κ3) is 47.6. The third-order valence-corrected chi connectivity index (χ3v) is 12.3. The molecule has 1 amide bonds. The number of carbonyl (C=O) groups excluding carboxylic acids is 2. The third-order valence-electron chi connectivity index (χ3n) is 12.3. The first kappa shape index (κ1) is 62.3. The van der Waals surface area contributed by atoms with Gasteiger partial charge in [-0.05, 0) is 89.9 Å². The SMILES string of the molecule is CC/C=C/C/C=C/C/C=C/CCCCCCCCC(=O)OC(CCCCCC/C=C/C/C=C/C/C=C/CC)CC(=O)NC(CO)C(O)CCCCCCCCCCCCCCCCCC. The largest absolute Gasteiger partial charge is 0.462 e. The monoisotopic (exact) mass is 908 g/mol. The summed E-state index contributed by atoms with van der Waals surface area (Å²) in [7, 11) is 0. The Labute approximate surface area is 402 Å². The van der Waals surface area contributed by atoms with E-state index in [2.05, 4.69) is 99.0 Å². The molecule has 0 aromatic carbocycles. The van der Waals surface area contributed by atoms with Gasteiger partial charge in [0.25, 0.3) is 0 Å². The fourth-order valence-electron chi connectivity index (χ4n) is 8.17. The van der Waals surface area contributed by atoms with E-state index < -0.39 is 18.2 Å². The smallest absolute Gasteiger partial charge is 0.306 e. The molecule has 65 heavy (non-hydrogen) atoms. The highest BCUT2D eigenvalue weighted by Gasteiger charge is 2.24. The summed E-state index contributed by atoms with van der Waals surface area (Å²) in [6.45, 7) is 6.27.